The van der Waals surface area contributed by atoms with E-state index in [1.807, 2.05) is 30.3 Å². The lowest BCUT2D eigenvalue weighted by atomic mass is 10.0. The molecule has 0 fully saturated rings. The van der Waals surface area contributed by atoms with E-state index in [-0.39, 0.29) is 29.0 Å². The fourth-order valence-corrected chi connectivity index (χ4v) is 4.59. The van der Waals surface area contributed by atoms with Crippen molar-refractivity contribution in [1.82, 2.24) is 4.57 Å². The summed E-state index contributed by atoms with van der Waals surface area (Å²) in [5.41, 5.74) is 1.66. The molecule has 2 aromatic heterocycles. The van der Waals surface area contributed by atoms with Crippen molar-refractivity contribution in [1.29, 1.82) is 0 Å². The number of halogens is 1. The summed E-state index contributed by atoms with van der Waals surface area (Å²) in [5, 5.41) is 1.78. The molecule has 0 N–H and O–H groups in total. The number of furan rings is 1. The van der Waals surface area contributed by atoms with Gasteiger partial charge in [0.25, 0.3) is 0 Å². The fraction of sp³-hybridized carbons (Fsp3) is 0.154. The molecule has 0 saturated carbocycles. The lowest BCUT2D eigenvalue weighted by molar-refractivity contribution is 0.0524. The molecule has 0 spiro atoms. The summed E-state index contributed by atoms with van der Waals surface area (Å²) >= 11 is 0. The molecule has 3 aromatic carbocycles. The Balaban J connectivity index is 1.76. The quantitative estimate of drug-likeness (QED) is 0.332. The minimum atomic E-state index is -0.769. The lowest BCUT2D eigenvalue weighted by Gasteiger charge is -2.27. The average molecular weight is 458 g/mol. The number of benzene rings is 3. The maximum atomic E-state index is 15.2. The highest BCUT2D eigenvalue weighted by Crippen LogP contribution is 2.47. The Morgan fingerprint density at radius 1 is 1.09 bits per heavy atom. The van der Waals surface area contributed by atoms with E-state index >= 15 is 4.39 Å². The van der Waals surface area contributed by atoms with Crippen LogP contribution in [0.2, 0.25) is 0 Å². The Kier molecular flexibility index (Phi) is 4.23. The van der Waals surface area contributed by atoms with E-state index in [0.717, 1.165) is 22.4 Å². The van der Waals surface area contributed by atoms with Gasteiger partial charge in [-0.25, -0.2) is 9.18 Å². The first-order valence-corrected chi connectivity index (χ1v) is 10.8. The minimum absolute atomic E-state index is 0.0269. The number of rotatable bonds is 3. The van der Waals surface area contributed by atoms with Gasteiger partial charge in [0.05, 0.1) is 17.7 Å². The van der Waals surface area contributed by atoms with Crippen molar-refractivity contribution in [3.8, 4) is 17.2 Å². The zero-order valence-electron chi connectivity index (χ0n) is 18.6. The van der Waals surface area contributed by atoms with Gasteiger partial charge in [0, 0.05) is 37.1 Å². The molecule has 1 aliphatic rings. The number of ether oxygens (including phenoxy) is 2. The second-order valence-corrected chi connectivity index (χ2v) is 8.31. The molecule has 34 heavy (non-hydrogen) atoms. The van der Waals surface area contributed by atoms with Crippen LogP contribution in [-0.4, -0.2) is 31.2 Å². The molecule has 0 amide bonds. The van der Waals surface area contributed by atoms with Crippen LogP contribution in [0.25, 0.3) is 38.5 Å². The second kappa shape index (κ2) is 7.08. The van der Waals surface area contributed by atoms with Gasteiger partial charge in [-0.2, -0.15) is 0 Å². The number of pyridine rings is 1. The van der Waals surface area contributed by atoms with Gasteiger partial charge in [0.1, 0.15) is 27.9 Å². The number of carbonyl (C=O) groups excluding carboxylic acids is 1. The van der Waals surface area contributed by atoms with Crippen LogP contribution >= 0.6 is 0 Å². The third kappa shape index (κ3) is 2.68. The first kappa shape index (κ1) is 20.3. The van der Waals surface area contributed by atoms with Gasteiger partial charge in [-0.05, 0) is 25.1 Å². The van der Waals surface area contributed by atoms with Crippen LogP contribution < -0.4 is 15.1 Å². The molecule has 0 bridgehead atoms. The maximum Gasteiger partial charge on any atom is 0.343 e. The summed E-state index contributed by atoms with van der Waals surface area (Å²) in [4.78, 5) is 27.4. The van der Waals surface area contributed by atoms with E-state index in [4.69, 9.17) is 13.9 Å². The van der Waals surface area contributed by atoms with Crippen LogP contribution in [0, 0.1) is 5.82 Å². The zero-order valence-corrected chi connectivity index (χ0v) is 18.6. The summed E-state index contributed by atoms with van der Waals surface area (Å²) in [5.74, 6) is -0.753. The summed E-state index contributed by atoms with van der Waals surface area (Å²) in [6.45, 7) is 1.76. The molecule has 0 saturated heterocycles. The predicted octanol–water partition coefficient (Wildman–Crippen LogP) is 5.38. The van der Waals surface area contributed by atoms with E-state index in [0.29, 0.717) is 22.5 Å². The molecule has 0 radical (unpaired) electrons. The van der Waals surface area contributed by atoms with Crippen molar-refractivity contribution in [3.05, 3.63) is 70.3 Å². The molecule has 0 atom stereocenters. The van der Waals surface area contributed by atoms with Crippen molar-refractivity contribution < 1.29 is 23.1 Å². The highest BCUT2D eigenvalue weighted by atomic mass is 19.1. The van der Waals surface area contributed by atoms with Crippen molar-refractivity contribution in [2.45, 2.75) is 6.92 Å². The summed E-state index contributed by atoms with van der Waals surface area (Å²) < 4.78 is 34.3. The van der Waals surface area contributed by atoms with E-state index in [1.54, 1.807) is 36.6 Å². The molecular weight excluding hydrogens is 439 g/mol. The van der Waals surface area contributed by atoms with Crippen LogP contribution in [0.5, 0.6) is 11.5 Å². The summed E-state index contributed by atoms with van der Waals surface area (Å²) in [6, 6.07) is 12.4. The second-order valence-electron chi connectivity index (χ2n) is 8.31. The third-order valence-corrected chi connectivity index (χ3v) is 6.04. The number of nitrogens with zero attached hydrogens (tertiary/aromatic N) is 2. The fourth-order valence-electron chi connectivity index (χ4n) is 4.59. The smallest absolute Gasteiger partial charge is 0.343 e. The van der Waals surface area contributed by atoms with E-state index in [2.05, 4.69) is 0 Å². The van der Waals surface area contributed by atoms with E-state index in [9.17, 15) is 9.59 Å². The lowest BCUT2D eigenvalue weighted by Crippen LogP contribution is -2.23. The molecule has 0 unspecified atom stereocenters. The van der Waals surface area contributed by atoms with E-state index < -0.39 is 17.2 Å². The van der Waals surface area contributed by atoms with Crippen LogP contribution in [0.4, 0.5) is 10.1 Å². The first-order valence-electron chi connectivity index (χ1n) is 10.8. The molecule has 5 aromatic rings. The molecule has 7 nitrogen and oxygen atoms in total. The molecule has 3 heterocycles. The van der Waals surface area contributed by atoms with Crippen LogP contribution in [0.1, 0.15) is 17.3 Å². The minimum Gasteiger partial charge on any atom is -0.462 e. The largest absolute Gasteiger partial charge is 0.462 e. The van der Waals surface area contributed by atoms with Crippen molar-refractivity contribution >= 4 is 44.5 Å². The first-order chi connectivity index (χ1) is 16.4. The number of hydrogen-bond acceptors (Lipinski definition) is 6. The zero-order chi connectivity index (χ0) is 23.7. The number of esters is 1. The van der Waals surface area contributed by atoms with Crippen LogP contribution in [-0.2, 0) is 4.74 Å². The van der Waals surface area contributed by atoms with Gasteiger partial charge >= 0.3 is 5.97 Å². The monoisotopic (exact) mass is 458 g/mol. The molecule has 6 rings (SSSR count). The number of aromatic nitrogens is 1. The number of fused-ring (bicyclic) bond motifs is 5. The van der Waals surface area contributed by atoms with Crippen LogP contribution in [0.3, 0.4) is 0 Å². The van der Waals surface area contributed by atoms with Crippen LogP contribution in [0.15, 0.2) is 57.9 Å². The highest BCUT2D eigenvalue weighted by molar-refractivity contribution is 6.07. The topological polar surface area (TPSA) is 73.9 Å². The Morgan fingerprint density at radius 3 is 2.65 bits per heavy atom. The number of hydrogen-bond donors (Lipinski definition) is 0. The predicted molar refractivity (Wildman–Crippen MR) is 127 cm³/mol. The number of para-hydroxylation sites is 1. The Bertz CT molecular complexity index is 1730. The third-order valence-electron chi connectivity index (χ3n) is 6.04. The molecule has 0 aliphatic carbocycles. The summed E-state index contributed by atoms with van der Waals surface area (Å²) in [7, 11) is 3.39. The number of anilines is 1. The van der Waals surface area contributed by atoms with Gasteiger partial charge in [-0.1, -0.05) is 18.2 Å². The highest BCUT2D eigenvalue weighted by Gasteiger charge is 2.30. The van der Waals surface area contributed by atoms with Gasteiger partial charge in [-0.3, -0.25) is 4.79 Å². The van der Waals surface area contributed by atoms with Gasteiger partial charge in [-0.15, -0.1) is 0 Å². The molecule has 1 aliphatic heterocycles. The van der Waals surface area contributed by atoms with Crippen molar-refractivity contribution in [3.63, 3.8) is 0 Å². The van der Waals surface area contributed by atoms with Gasteiger partial charge in [0.15, 0.2) is 17.3 Å². The van der Waals surface area contributed by atoms with E-state index in [1.165, 1.54) is 6.20 Å². The molecular formula is C26H19FN2O5. The van der Waals surface area contributed by atoms with Crippen molar-refractivity contribution in [2.75, 3.05) is 25.6 Å². The SMILES string of the molecule is CCOC(=O)c1cn2c3c(c(N(C)C)c(F)cc3c1=O)Oc1cc3c(cc1-2)oc1ccccc13. The molecule has 170 valence electrons. The normalized spacial score (nSPS) is 12.1. The number of carbonyl (C=O) groups is 1. The molecule has 8 heteroatoms. The Labute approximate surface area is 192 Å². The van der Waals surface area contributed by atoms with Gasteiger partial charge in [0.2, 0.25) is 5.43 Å². The Hall–Kier alpha value is -4.33. The van der Waals surface area contributed by atoms with Gasteiger partial charge < -0.3 is 23.4 Å². The average Bonchev–Trinajstić information content (AvgIpc) is 3.16. The van der Waals surface area contributed by atoms with Crippen molar-refractivity contribution in [2.24, 2.45) is 0 Å². The summed E-state index contributed by atoms with van der Waals surface area (Å²) in [6.07, 6.45) is 1.43. The standard InChI is InChI=1S/C26H19FN2O5/c1-4-32-26(31)16-12-29-18-11-20-14(13-7-5-6-8-19(13)33-20)10-21(18)34-25-22(29)15(24(16)30)9-17(27)23(25)28(2)3/h5-12H,4H2,1-3H3. The maximum absolute atomic E-state index is 15.2. The Morgan fingerprint density at radius 2 is 1.88 bits per heavy atom.